The zero-order chi connectivity index (χ0) is 24.7. The van der Waals surface area contributed by atoms with Crippen LogP contribution in [0.15, 0.2) is 42.5 Å². The fourth-order valence-electron chi connectivity index (χ4n) is 4.04. The highest BCUT2D eigenvalue weighted by atomic mass is 16.6. The summed E-state index contributed by atoms with van der Waals surface area (Å²) in [5.41, 5.74) is 1.03. The molecule has 186 valence electrons. The second-order valence-electron chi connectivity index (χ2n) is 9.63. The molecule has 1 N–H and O–H groups in total. The third-order valence-corrected chi connectivity index (χ3v) is 5.98. The number of benzene rings is 2. The van der Waals surface area contributed by atoms with E-state index in [0.717, 1.165) is 49.2 Å². The first kappa shape index (κ1) is 25.7. The fourth-order valence-corrected chi connectivity index (χ4v) is 4.04. The molecular weight excluding hydrogens is 434 g/mol. The quantitative estimate of drug-likeness (QED) is 0.570. The summed E-state index contributed by atoms with van der Waals surface area (Å²) in [7, 11) is 3.16. The molecule has 34 heavy (non-hydrogen) atoms. The first-order valence-corrected chi connectivity index (χ1v) is 11.8. The summed E-state index contributed by atoms with van der Waals surface area (Å²) in [4.78, 5) is 14.0. The summed E-state index contributed by atoms with van der Waals surface area (Å²) in [5, 5.41) is 10.8. The number of methoxy groups -OCH3 is 2. The number of aliphatic hydroxyl groups is 1. The number of rotatable bonds is 8. The van der Waals surface area contributed by atoms with Crippen LogP contribution in [0.25, 0.3) is 0 Å². The molecule has 0 saturated carbocycles. The number of likely N-dealkylation sites (tertiary alicyclic amines) is 1. The van der Waals surface area contributed by atoms with Gasteiger partial charge >= 0.3 is 6.09 Å². The van der Waals surface area contributed by atoms with Crippen molar-refractivity contribution in [3.8, 4) is 17.2 Å². The second-order valence-corrected chi connectivity index (χ2v) is 9.63. The van der Waals surface area contributed by atoms with Gasteiger partial charge in [0.15, 0.2) is 11.5 Å². The molecule has 1 unspecified atom stereocenters. The van der Waals surface area contributed by atoms with Gasteiger partial charge < -0.3 is 29.0 Å². The molecule has 0 bridgehead atoms. The number of nitrogens with zero attached hydrogens (tertiary/aromatic N) is 1. The van der Waals surface area contributed by atoms with Crippen LogP contribution in [0.3, 0.4) is 0 Å². The molecule has 1 fully saturated rings. The maximum atomic E-state index is 12.2. The summed E-state index contributed by atoms with van der Waals surface area (Å²) in [6, 6.07) is 12.9. The number of hydrogen-bond donors (Lipinski definition) is 1. The molecule has 1 amide bonds. The average Bonchev–Trinajstić information content (AvgIpc) is 2.83. The summed E-state index contributed by atoms with van der Waals surface area (Å²) in [6.07, 6.45) is 1.86. The van der Waals surface area contributed by atoms with E-state index in [1.807, 2.05) is 51.1 Å². The van der Waals surface area contributed by atoms with Gasteiger partial charge in [-0.2, -0.15) is 0 Å². The molecule has 0 aliphatic carbocycles. The van der Waals surface area contributed by atoms with Crippen molar-refractivity contribution in [2.75, 3.05) is 33.9 Å². The number of carbonyl (C=O) groups is 1. The minimum absolute atomic E-state index is 0.224. The van der Waals surface area contributed by atoms with Gasteiger partial charge in [-0.15, -0.1) is 0 Å². The van der Waals surface area contributed by atoms with E-state index < -0.39 is 11.7 Å². The van der Waals surface area contributed by atoms with Crippen molar-refractivity contribution in [2.24, 2.45) is 5.92 Å². The first-order valence-electron chi connectivity index (χ1n) is 11.8. The standard InChI is InChI=1S/C27H37NO6/c1-27(2,3)34-26(30)28-15-12-19(13-16-28)14-17-33-22-9-6-20(7-10-22)25(29)21-8-11-23(31-4)24(18-21)32-5/h6-11,18-19,25,29H,12-17H2,1-5H3. The zero-order valence-electron chi connectivity index (χ0n) is 20.9. The molecule has 1 atom stereocenters. The van der Waals surface area contributed by atoms with E-state index in [0.29, 0.717) is 24.0 Å². The smallest absolute Gasteiger partial charge is 0.410 e. The van der Waals surface area contributed by atoms with Crippen molar-refractivity contribution < 1.29 is 28.8 Å². The Balaban J connectivity index is 1.45. The van der Waals surface area contributed by atoms with E-state index in [1.165, 1.54) is 0 Å². The van der Waals surface area contributed by atoms with E-state index in [-0.39, 0.29) is 6.09 Å². The van der Waals surface area contributed by atoms with Crippen molar-refractivity contribution in [3.63, 3.8) is 0 Å². The molecular formula is C27H37NO6. The first-order chi connectivity index (χ1) is 16.2. The Morgan fingerprint density at radius 1 is 1.00 bits per heavy atom. The molecule has 7 nitrogen and oxygen atoms in total. The van der Waals surface area contributed by atoms with E-state index in [2.05, 4.69) is 0 Å². The van der Waals surface area contributed by atoms with Crippen LogP contribution >= 0.6 is 0 Å². The van der Waals surface area contributed by atoms with Gasteiger partial charge in [-0.05, 0) is 81.3 Å². The van der Waals surface area contributed by atoms with E-state index in [9.17, 15) is 9.90 Å². The summed E-state index contributed by atoms with van der Waals surface area (Å²) in [5.74, 6) is 2.51. The van der Waals surface area contributed by atoms with E-state index in [4.69, 9.17) is 18.9 Å². The number of carbonyl (C=O) groups excluding carboxylic acids is 1. The van der Waals surface area contributed by atoms with Crippen LogP contribution in [-0.4, -0.2) is 55.6 Å². The minimum Gasteiger partial charge on any atom is -0.494 e. The van der Waals surface area contributed by atoms with Crippen LogP contribution in [0.1, 0.15) is 57.3 Å². The molecule has 2 aromatic rings. The van der Waals surface area contributed by atoms with Crippen molar-refractivity contribution >= 4 is 6.09 Å². The lowest BCUT2D eigenvalue weighted by Gasteiger charge is -2.33. The van der Waals surface area contributed by atoms with Crippen LogP contribution < -0.4 is 14.2 Å². The summed E-state index contributed by atoms with van der Waals surface area (Å²) in [6.45, 7) is 7.73. The lowest BCUT2D eigenvalue weighted by atomic mass is 9.94. The predicted molar refractivity (Wildman–Crippen MR) is 131 cm³/mol. The summed E-state index contributed by atoms with van der Waals surface area (Å²) >= 11 is 0. The van der Waals surface area contributed by atoms with Crippen LogP contribution in [0.2, 0.25) is 0 Å². The van der Waals surface area contributed by atoms with Gasteiger partial charge in [0.2, 0.25) is 0 Å². The largest absolute Gasteiger partial charge is 0.494 e. The van der Waals surface area contributed by atoms with E-state index in [1.54, 1.807) is 31.3 Å². The highest BCUT2D eigenvalue weighted by Gasteiger charge is 2.26. The molecule has 2 aromatic carbocycles. The normalized spacial score (nSPS) is 15.5. The molecule has 0 radical (unpaired) electrons. The highest BCUT2D eigenvalue weighted by Crippen LogP contribution is 2.32. The predicted octanol–water partition coefficient (Wildman–Crippen LogP) is 5.20. The van der Waals surface area contributed by atoms with Gasteiger partial charge in [0, 0.05) is 13.1 Å². The lowest BCUT2D eigenvalue weighted by molar-refractivity contribution is 0.0177. The van der Waals surface area contributed by atoms with Gasteiger partial charge in [0.1, 0.15) is 17.5 Å². The Morgan fingerprint density at radius 3 is 2.21 bits per heavy atom. The Bertz CT molecular complexity index is 929. The Labute approximate surface area is 202 Å². The number of aliphatic hydroxyl groups excluding tert-OH is 1. The maximum Gasteiger partial charge on any atom is 0.410 e. The molecule has 0 spiro atoms. The van der Waals surface area contributed by atoms with Crippen LogP contribution in [-0.2, 0) is 4.74 Å². The molecule has 1 aliphatic rings. The van der Waals surface area contributed by atoms with E-state index >= 15 is 0 Å². The topological polar surface area (TPSA) is 77.5 Å². The van der Waals surface area contributed by atoms with Gasteiger partial charge in [-0.3, -0.25) is 0 Å². The van der Waals surface area contributed by atoms with Crippen molar-refractivity contribution in [1.29, 1.82) is 0 Å². The van der Waals surface area contributed by atoms with Crippen molar-refractivity contribution in [3.05, 3.63) is 53.6 Å². The molecule has 1 aliphatic heterocycles. The summed E-state index contributed by atoms with van der Waals surface area (Å²) < 4.78 is 22.0. The average molecular weight is 472 g/mol. The number of amides is 1. The fraction of sp³-hybridized carbons (Fsp3) is 0.519. The van der Waals surface area contributed by atoms with Crippen LogP contribution in [0.5, 0.6) is 17.2 Å². The monoisotopic (exact) mass is 471 g/mol. The lowest BCUT2D eigenvalue weighted by Crippen LogP contribution is -2.41. The van der Waals surface area contributed by atoms with Crippen molar-refractivity contribution in [2.45, 2.75) is 51.7 Å². The number of ether oxygens (including phenoxy) is 4. The van der Waals surface area contributed by atoms with Crippen molar-refractivity contribution in [1.82, 2.24) is 4.90 Å². The maximum absolute atomic E-state index is 12.2. The van der Waals surface area contributed by atoms with Crippen LogP contribution in [0, 0.1) is 5.92 Å². The van der Waals surface area contributed by atoms with Gasteiger partial charge in [0.05, 0.1) is 20.8 Å². The molecule has 7 heteroatoms. The molecule has 1 heterocycles. The number of hydrogen-bond acceptors (Lipinski definition) is 6. The second kappa shape index (κ2) is 11.5. The minimum atomic E-state index is -0.774. The Hall–Kier alpha value is -2.93. The SMILES string of the molecule is COc1ccc(C(O)c2ccc(OCCC3CCN(C(=O)OC(C)(C)C)CC3)cc2)cc1OC. The van der Waals surface area contributed by atoms with Gasteiger partial charge in [-0.1, -0.05) is 18.2 Å². The highest BCUT2D eigenvalue weighted by molar-refractivity contribution is 5.68. The molecule has 3 rings (SSSR count). The molecule has 1 saturated heterocycles. The Kier molecular flexibility index (Phi) is 8.67. The van der Waals surface area contributed by atoms with Crippen LogP contribution in [0.4, 0.5) is 4.79 Å². The van der Waals surface area contributed by atoms with Gasteiger partial charge in [-0.25, -0.2) is 4.79 Å². The molecule has 0 aromatic heterocycles. The third kappa shape index (κ3) is 7.03. The third-order valence-electron chi connectivity index (χ3n) is 5.98. The Morgan fingerprint density at radius 2 is 1.62 bits per heavy atom. The zero-order valence-corrected chi connectivity index (χ0v) is 20.9. The van der Waals surface area contributed by atoms with Gasteiger partial charge in [0.25, 0.3) is 0 Å². The number of piperidine rings is 1.